The number of rotatable bonds is 7. The van der Waals surface area contributed by atoms with Gasteiger partial charge in [0.1, 0.15) is 0 Å². The van der Waals surface area contributed by atoms with Gasteiger partial charge in [-0.05, 0) is 166 Å². The van der Waals surface area contributed by atoms with Crippen LogP contribution >= 0.6 is 0 Å². The van der Waals surface area contributed by atoms with E-state index in [1.165, 1.54) is 86.5 Å². The molecule has 0 saturated heterocycles. The van der Waals surface area contributed by atoms with E-state index in [0.29, 0.717) is 0 Å². The third-order valence-electron chi connectivity index (χ3n) is 10.2. The summed E-state index contributed by atoms with van der Waals surface area (Å²) in [5.41, 5.74) is 13.8. The maximum absolute atomic E-state index is 5.57. The van der Waals surface area contributed by atoms with Crippen molar-refractivity contribution < 1.29 is 0 Å². The molecule has 4 rings (SSSR count). The van der Waals surface area contributed by atoms with E-state index >= 15 is 0 Å². The Morgan fingerprint density at radius 3 is 1.81 bits per heavy atom. The lowest BCUT2D eigenvalue weighted by Crippen LogP contribution is -2.18. The quantitative estimate of drug-likeness (QED) is 0.345. The van der Waals surface area contributed by atoms with Crippen molar-refractivity contribution in [3.8, 4) is 12.3 Å². The van der Waals surface area contributed by atoms with E-state index in [0.717, 1.165) is 36.5 Å². The van der Waals surface area contributed by atoms with Crippen molar-refractivity contribution in [3.05, 3.63) is 68.3 Å². The third kappa shape index (κ3) is 6.28. The van der Waals surface area contributed by atoms with Gasteiger partial charge in [-0.15, -0.1) is 12.3 Å². The van der Waals surface area contributed by atoms with Gasteiger partial charge in [0.25, 0.3) is 0 Å². The van der Waals surface area contributed by atoms with Crippen LogP contribution in [0, 0.1) is 70.6 Å². The van der Waals surface area contributed by atoms with Crippen LogP contribution in [-0.4, -0.2) is 0 Å². The molecule has 0 atom stereocenters. The van der Waals surface area contributed by atoms with Gasteiger partial charge < -0.3 is 0 Å². The van der Waals surface area contributed by atoms with Gasteiger partial charge in [0.05, 0.1) is 0 Å². The lowest BCUT2D eigenvalue weighted by atomic mass is 9.76. The van der Waals surface area contributed by atoms with E-state index in [1.807, 2.05) is 0 Å². The van der Waals surface area contributed by atoms with Crippen LogP contribution in [0.15, 0.2) is 18.2 Å². The minimum Gasteiger partial charge on any atom is -0.120 e. The first kappa shape index (κ1) is 27.0. The van der Waals surface area contributed by atoms with Crippen molar-refractivity contribution in [3.63, 3.8) is 0 Å². The predicted molar refractivity (Wildman–Crippen MR) is 157 cm³/mol. The van der Waals surface area contributed by atoms with Gasteiger partial charge in [0, 0.05) is 6.42 Å². The summed E-state index contributed by atoms with van der Waals surface area (Å²) >= 11 is 0. The summed E-state index contributed by atoms with van der Waals surface area (Å²) < 4.78 is 0. The van der Waals surface area contributed by atoms with E-state index in [9.17, 15) is 0 Å². The first-order chi connectivity index (χ1) is 17.3. The van der Waals surface area contributed by atoms with Crippen LogP contribution < -0.4 is 0 Å². The molecule has 2 aromatic rings. The second-order valence-electron chi connectivity index (χ2n) is 12.7. The third-order valence-corrected chi connectivity index (χ3v) is 10.2. The summed E-state index contributed by atoms with van der Waals surface area (Å²) in [5.74, 6) is 6.30. The van der Waals surface area contributed by atoms with Gasteiger partial charge in [0.2, 0.25) is 0 Å². The second kappa shape index (κ2) is 12.0. The van der Waals surface area contributed by atoms with Crippen LogP contribution in [0.4, 0.5) is 0 Å². The molecule has 194 valence electrons. The summed E-state index contributed by atoms with van der Waals surface area (Å²) in [6, 6.07) is 7.35. The van der Waals surface area contributed by atoms with Crippen LogP contribution in [0.2, 0.25) is 0 Å². The monoisotopic (exact) mass is 482 g/mol. The summed E-state index contributed by atoms with van der Waals surface area (Å²) in [7, 11) is 0. The van der Waals surface area contributed by atoms with Crippen molar-refractivity contribution in [1.82, 2.24) is 0 Å². The Kier molecular flexibility index (Phi) is 9.04. The topological polar surface area (TPSA) is 0 Å². The van der Waals surface area contributed by atoms with Gasteiger partial charge in [-0.2, -0.15) is 0 Å². The Morgan fingerprint density at radius 1 is 0.694 bits per heavy atom. The van der Waals surface area contributed by atoms with E-state index in [4.69, 9.17) is 6.42 Å². The highest BCUT2D eigenvalue weighted by atomic mass is 14.3. The first-order valence-electron chi connectivity index (χ1n) is 14.9. The smallest absolute Gasteiger partial charge is 0.0114 e. The van der Waals surface area contributed by atoms with E-state index in [-0.39, 0.29) is 0 Å². The summed E-state index contributed by atoms with van der Waals surface area (Å²) in [6.45, 7) is 14.3. The van der Waals surface area contributed by atoms with Crippen molar-refractivity contribution in [2.24, 2.45) is 23.7 Å². The van der Waals surface area contributed by atoms with Crippen LogP contribution in [0.5, 0.6) is 0 Å². The molecular formula is C36H50. The Labute approximate surface area is 222 Å². The zero-order valence-electron chi connectivity index (χ0n) is 24.1. The molecule has 2 aliphatic carbocycles. The van der Waals surface area contributed by atoms with Gasteiger partial charge in [0.15, 0.2) is 0 Å². The van der Waals surface area contributed by atoms with Crippen LogP contribution in [-0.2, 0) is 19.3 Å². The Balaban J connectivity index is 1.47. The van der Waals surface area contributed by atoms with Crippen LogP contribution in [0.1, 0.15) is 115 Å². The number of hydrogen-bond donors (Lipinski definition) is 0. The summed E-state index contributed by atoms with van der Waals surface area (Å²) in [5, 5.41) is 0. The summed E-state index contributed by atoms with van der Waals surface area (Å²) in [4.78, 5) is 0. The van der Waals surface area contributed by atoms with E-state index < -0.39 is 0 Å². The molecule has 0 heterocycles. The molecule has 0 aliphatic heterocycles. The maximum Gasteiger partial charge on any atom is 0.0114 e. The molecule has 2 aliphatic rings. The fraction of sp³-hybridized carbons (Fsp3) is 0.611. The van der Waals surface area contributed by atoms with Crippen LogP contribution in [0.25, 0.3) is 0 Å². The Hall–Kier alpha value is -2.00. The van der Waals surface area contributed by atoms with E-state index in [1.54, 1.807) is 27.8 Å². The molecular weight excluding hydrogens is 432 g/mol. The zero-order valence-corrected chi connectivity index (χ0v) is 24.1. The van der Waals surface area contributed by atoms with Gasteiger partial charge >= 0.3 is 0 Å². The maximum atomic E-state index is 5.57. The predicted octanol–water partition coefficient (Wildman–Crippen LogP) is 9.56. The molecule has 0 amide bonds. The molecule has 0 bridgehead atoms. The molecule has 0 heteroatoms. The van der Waals surface area contributed by atoms with Crippen molar-refractivity contribution in [2.75, 3.05) is 0 Å². The molecule has 0 unspecified atom stereocenters. The number of terminal acetylenes is 1. The largest absolute Gasteiger partial charge is 0.120 e. The minimum absolute atomic E-state index is 0.764. The average Bonchev–Trinajstić information content (AvgIpc) is 2.87. The van der Waals surface area contributed by atoms with Gasteiger partial charge in [-0.1, -0.05) is 38.0 Å². The molecule has 0 aromatic heterocycles. The normalized spacial score (nSPS) is 24.5. The van der Waals surface area contributed by atoms with Gasteiger partial charge in [-0.25, -0.2) is 0 Å². The molecule has 2 fully saturated rings. The van der Waals surface area contributed by atoms with Crippen LogP contribution in [0.3, 0.4) is 0 Å². The zero-order chi connectivity index (χ0) is 25.8. The SMILES string of the molecule is C#CCC1CCC(Cc2c(C)c(C)c(Cc3ccc(CC4CCC(C)CC4)cc3C)c(C)c2C)CC1. The minimum atomic E-state index is 0.764. The van der Waals surface area contributed by atoms with Crippen molar-refractivity contribution >= 4 is 0 Å². The molecule has 36 heavy (non-hydrogen) atoms. The Morgan fingerprint density at radius 2 is 1.22 bits per heavy atom. The molecule has 0 nitrogen and oxygen atoms in total. The molecule has 2 saturated carbocycles. The molecule has 0 radical (unpaired) electrons. The first-order valence-corrected chi connectivity index (χ1v) is 14.9. The second-order valence-corrected chi connectivity index (χ2v) is 12.7. The highest BCUT2D eigenvalue weighted by Gasteiger charge is 2.24. The number of hydrogen-bond acceptors (Lipinski definition) is 0. The van der Waals surface area contributed by atoms with E-state index in [2.05, 4.69) is 65.7 Å². The highest BCUT2D eigenvalue weighted by molar-refractivity contribution is 5.52. The summed E-state index contributed by atoms with van der Waals surface area (Å²) in [6.07, 6.45) is 21.1. The highest BCUT2D eigenvalue weighted by Crippen LogP contribution is 2.37. The van der Waals surface area contributed by atoms with Crippen molar-refractivity contribution in [2.45, 2.75) is 119 Å². The standard InChI is InChI=1S/C36H50/c1-8-9-30-14-16-32(17-15-30)22-35-26(4)28(6)36(29(7)27(35)5)23-34-19-18-33(20-25(34)3)21-31-12-10-24(2)11-13-31/h1,18-20,24,30-32H,9-17,21-23H2,2-7H3. The lowest BCUT2D eigenvalue weighted by molar-refractivity contribution is 0.276. The molecule has 2 aromatic carbocycles. The average molecular weight is 483 g/mol. The van der Waals surface area contributed by atoms with Gasteiger partial charge in [-0.3, -0.25) is 0 Å². The number of benzene rings is 2. The molecule has 0 N–H and O–H groups in total. The number of aryl methyl sites for hydroxylation is 1. The molecule has 0 spiro atoms. The fourth-order valence-corrected chi connectivity index (χ4v) is 7.27. The Bertz CT molecular complexity index is 1050. The van der Waals surface area contributed by atoms with Crippen molar-refractivity contribution in [1.29, 1.82) is 0 Å². The lowest BCUT2D eigenvalue weighted by Gasteiger charge is -2.29. The fourth-order valence-electron chi connectivity index (χ4n) is 7.27.